The molecule has 2 aliphatic heterocycles. The third kappa shape index (κ3) is 4.19. The van der Waals surface area contributed by atoms with Crippen LogP contribution >= 0.6 is 15.9 Å². The molecule has 10 heteroatoms. The van der Waals surface area contributed by atoms with Gasteiger partial charge in [-0.05, 0) is 41.1 Å². The second kappa shape index (κ2) is 8.64. The van der Waals surface area contributed by atoms with Crippen LogP contribution in [0.3, 0.4) is 0 Å². The van der Waals surface area contributed by atoms with E-state index in [1.165, 1.54) is 17.0 Å². The molecule has 0 aliphatic carbocycles. The van der Waals surface area contributed by atoms with Crippen LogP contribution in [-0.2, 0) is 12.3 Å². The predicted octanol–water partition coefficient (Wildman–Crippen LogP) is 4.23. The zero-order chi connectivity index (χ0) is 22.9. The number of aromatic nitrogens is 3. The molecular formula is C22H20BrF2N7. The van der Waals surface area contributed by atoms with E-state index >= 15 is 0 Å². The second-order valence-electron chi connectivity index (χ2n) is 7.26. The first-order chi connectivity index (χ1) is 15.3. The summed E-state index contributed by atoms with van der Waals surface area (Å²) < 4.78 is 30.4. The van der Waals surface area contributed by atoms with Crippen molar-refractivity contribution in [3.8, 4) is 5.82 Å². The van der Waals surface area contributed by atoms with Gasteiger partial charge in [0.15, 0.2) is 5.82 Å². The van der Waals surface area contributed by atoms with Gasteiger partial charge in [-0.1, -0.05) is 6.08 Å². The maximum atomic E-state index is 14.2. The summed E-state index contributed by atoms with van der Waals surface area (Å²) in [7, 11) is 0. The number of rotatable bonds is 6. The fraction of sp³-hybridized carbons (Fsp3) is 0.227. The number of alkyl halides is 2. The monoisotopic (exact) mass is 499 g/mol. The SMILES string of the molecule is C=CCC(F)(F)c1cnn(-c2nc(CC3=C(N)N4CC=C=CN=C4N=C3C)ccc2Br)c1. The van der Waals surface area contributed by atoms with E-state index < -0.39 is 12.3 Å². The smallest absolute Gasteiger partial charge is 0.279 e. The van der Waals surface area contributed by atoms with Crippen molar-refractivity contribution in [2.24, 2.45) is 15.7 Å². The number of guanidine groups is 1. The standard InChI is InChI=1S/C22H20BrF2N7/c1-3-8-22(24,25)15-12-28-32(13-15)20-18(23)7-6-16(30-20)11-17-14(2)29-21-27-9-4-5-10-31(21)19(17)26/h3,5-7,9,12-13H,1,8,10-11,26H2,2H3. The largest absolute Gasteiger partial charge is 0.385 e. The summed E-state index contributed by atoms with van der Waals surface area (Å²) >= 11 is 3.43. The van der Waals surface area contributed by atoms with Gasteiger partial charge in [-0.2, -0.15) is 5.10 Å². The lowest BCUT2D eigenvalue weighted by Gasteiger charge is -2.28. The molecule has 0 radical (unpaired) electrons. The minimum absolute atomic E-state index is 0.201. The van der Waals surface area contributed by atoms with Crippen molar-refractivity contribution in [2.45, 2.75) is 25.7 Å². The number of allylic oxidation sites excluding steroid dienone is 2. The summed E-state index contributed by atoms with van der Waals surface area (Å²) in [6.07, 6.45) is 6.93. The van der Waals surface area contributed by atoms with Crippen LogP contribution in [0.25, 0.3) is 5.82 Å². The van der Waals surface area contributed by atoms with Crippen molar-refractivity contribution in [3.63, 3.8) is 0 Å². The molecule has 0 aromatic carbocycles. The summed E-state index contributed by atoms with van der Waals surface area (Å²) in [4.78, 5) is 15.3. The Morgan fingerprint density at radius 2 is 2.19 bits per heavy atom. The third-order valence-corrected chi connectivity index (χ3v) is 5.68. The Morgan fingerprint density at radius 3 is 2.97 bits per heavy atom. The normalized spacial score (nSPS) is 15.9. The van der Waals surface area contributed by atoms with Crippen LogP contribution in [0.4, 0.5) is 8.78 Å². The highest BCUT2D eigenvalue weighted by molar-refractivity contribution is 9.10. The predicted molar refractivity (Wildman–Crippen MR) is 123 cm³/mol. The van der Waals surface area contributed by atoms with E-state index in [1.54, 1.807) is 17.2 Å². The first-order valence-electron chi connectivity index (χ1n) is 9.79. The minimum atomic E-state index is -3.05. The molecule has 0 saturated carbocycles. The molecule has 32 heavy (non-hydrogen) atoms. The molecule has 0 fully saturated rings. The molecule has 2 aromatic heterocycles. The number of aliphatic imine (C=N–C) groups is 2. The Kier molecular flexibility index (Phi) is 5.90. The van der Waals surface area contributed by atoms with Gasteiger partial charge in [-0.15, -0.1) is 12.3 Å². The molecule has 164 valence electrons. The minimum Gasteiger partial charge on any atom is -0.385 e. The molecule has 4 rings (SSSR count). The van der Waals surface area contributed by atoms with Gasteiger partial charge in [0, 0.05) is 36.0 Å². The van der Waals surface area contributed by atoms with E-state index in [2.05, 4.69) is 48.3 Å². The fourth-order valence-electron chi connectivity index (χ4n) is 3.36. The molecule has 0 atom stereocenters. The van der Waals surface area contributed by atoms with Crippen molar-refractivity contribution in [1.29, 1.82) is 0 Å². The number of pyridine rings is 1. The van der Waals surface area contributed by atoms with Gasteiger partial charge in [-0.3, -0.25) is 4.90 Å². The number of nitrogens with zero attached hydrogens (tertiary/aromatic N) is 6. The molecule has 0 bridgehead atoms. The molecule has 0 spiro atoms. The summed E-state index contributed by atoms with van der Waals surface area (Å²) in [6.45, 7) is 5.77. The quantitative estimate of drug-likeness (QED) is 0.476. The third-order valence-electron chi connectivity index (χ3n) is 5.06. The molecule has 4 heterocycles. The Balaban J connectivity index is 1.65. The second-order valence-corrected chi connectivity index (χ2v) is 8.11. The van der Waals surface area contributed by atoms with Crippen molar-refractivity contribution in [2.75, 3.05) is 6.54 Å². The van der Waals surface area contributed by atoms with Gasteiger partial charge >= 0.3 is 0 Å². The maximum absolute atomic E-state index is 14.2. The van der Waals surface area contributed by atoms with Crippen molar-refractivity contribution in [3.05, 3.63) is 82.3 Å². The van der Waals surface area contributed by atoms with Crippen LogP contribution in [-0.4, -0.2) is 37.9 Å². The molecule has 7 nitrogen and oxygen atoms in total. The lowest BCUT2D eigenvalue weighted by Crippen LogP contribution is -2.39. The van der Waals surface area contributed by atoms with Crippen molar-refractivity contribution >= 4 is 27.6 Å². The zero-order valence-electron chi connectivity index (χ0n) is 17.3. The number of fused-ring (bicyclic) bond motifs is 1. The summed E-state index contributed by atoms with van der Waals surface area (Å²) in [5.41, 5.74) is 11.4. The lowest BCUT2D eigenvalue weighted by atomic mass is 10.0. The first-order valence-corrected chi connectivity index (χ1v) is 10.6. The van der Waals surface area contributed by atoms with Gasteiger partial charge in [0.1, 0.15) is 5.82 Å². The highest BCUT2D eigenvalue weighted by Gasteiger charge is 2.32. The maximum Gasteiger partial charge on any atom is 0.279 e. The van der Waals surface area contributed by atoms with Gasteiger partial charge in [0.05, 0.1) is 29.0 Å². The van der Waals surface area contributed by atoms with E-state index in [1.807, 2.05) is 19.1 Å². The van der Waals surface area contributed by atoms with Crippen LogP contribution in [0.2, 0.25) is 0 Å². The topological polar surface area (TPSA) is 84.7 Å². The van der Waals surface area contributed by atoms with E-state index in [4.69, 9.17) is 5.73 Å². The Hall–Kier alpha value is -3.36. The van der Waals surface area contributed by atoms with Crippen LogP contribution < -0.4 is 5.73 Å². The summed E-state index contributed by atoms with van der Waals surface area (Å²) in [6, 6.07) is 3.64. The summed E-state index contributed by atoms with van der Waals surface area (Å²) in [5, 5.41) is 4.09. The average Bonchev–Trinajstić information content (AvgIpc) is 3.13. The first kappa shape index (κ1) is 21.9. The average molecular weight is 500 g/mol. The Labute approximate surface area is 192 Å². The Bertz CT molecular complexity index is 1230. The molecule has 2 N–H and O–H groups in total. The van der Waals surface area contributed by atoms with E-state index in [0.717, 1.165) is 17.5 Å². The van der Waals surface area contributed by atoms with Gasteiger partial charge in [-0.25, -0.2) is 28.4 Å². The van der Waals surface area contributed by atoms with Crippen LogP contribution in [0, 0.1) is 0 Å². The highest BCUT2D eigenvalue weighted by atomic mass is 79.9. The molecule has 0 unspecified atom stereocenters. The van der Waals surface area contributed by atoms with Gasteiger partial charge in [0.2, 0.25) is 5.96 Å². The number of halogens is 3. The van der Waals surface area contributed by atoms with E-state index in [0.29, 0.717) is 40.7 Å². The lowest BCUT2D eigenvalue weighted by molar-refractivity contribution is -0.000881. The van der Waals surface area contributed by atoms with E-state index in [-0.39, 0.29) is 5.56 Å². The van der Waals surface area contributed by atoms with Gasteiger partial charge in [0.25, 0.3) is 5.92 Å². The van der Waals surface area contributed by atoms with Crippen molar-refractivity contribution in [1.82, 2.24) is 19.7 Å². The van der Waals surface area contributed by atoms with Gasteiger partial charge < -0.3 is 5.73 Å². The number of hydrogen-bond donors (Lipinski definition) is 1. The van der Waals surface area contributed by atoms with Crippen LogP contribution in [0.1, 0.15) is 24.6 Å². The molecule has 2 aliphatic rings. The van der Waals surface area contributed by atoms with Crippen LogP contribution in [0.5, 0.6) is 0 Å². The summed E-state index contributed by atoms with van der Waals surface area (Å²) in [5.74, 6) is -1.59. The Morgan fingerprint density at radius 1 is 1.38 bits per heavy atom. The number of nitrogens with two attached hydrogens (primary N) is 1. The molecular weight excluding hydrogens is 480 g/mol. The molecule has 0 amide bonds. The van der Waals surface area contributed by atoms with E-state index in [9.17, 15) is 8.78 Å². The fourth-order valence-corrected chi connectivity index (χ4v) is 3.76. The molecule has 0 saturated heterocycles. The van der Waals surface area contributed by atoms with Crippen LogP contribution in [0.15, 0.2) is 81.0 Å². The van der Waals surface area contributed by atoms with Crippen molar-refractivity contribution < 1.29 is 8.78 Å². The molecule has 2 aromatic rings. The zero-order valence-corrected chi connectivity index (χ0v) is 18.9. The highest BCUT2D eigenvalue weighted by Crippen LogP contribution is 2.32. The number of hydrogen-bond acceptors (Lipinski definition) is 6.